The summed E-state index contributed by atoms with van der Waals surface area (Å²) in [4.78, 5) is 12.3. The van der Waals surface area contributed by atoms with Crippen LogP contribution >= 0.6 is 24.0 Å². The number of amides is 1. The molecule has 0 spiro atoms. The van der Waals surface area contributed by atoms with Crippen molar-refractivity contribution in [2.24, 2.45) is 5.73 Å². The predicted octanol–water partition coefficient (Wildman–Crippen LogP) is 0.643. The first-order valence-corrected chi connectivity index (χ1v) is 5.60. The molecule has 0 aliphatic rings. The van der Waals surface area contributed by atoms with Crippen molar-refractivity contribution in [1.82, 2.24) is 10.9 Å². The lowest BCUT2D eigenvalue weighted by Gasteiger charge is -2.05. The number of thioether (sulfide) groups is 1. The van der Waals surface area contributed by atoms with Crippen molar-refractivity contribution < 1.29 is 4.79 Å². The van der Waals surface area contributed by atoms with Crippen LogP contribution in [0.1, 0.15) is 0 Å². The molecule has 1 amide bonds. The second-order valence-corrected chi connectivity index (χ2v) is 4.13. The molecule has 6 heteroatoms. The van der Waals surface area contributed by atoms with Crippen molar-refractivity contribution in [2.75, 3.05) is 5.75 Å². The highest BCUT2D eigenvalue weighted by molar-refractivity contribution is 8.00. The molecule has 0 bridgehead atoms. The van der Waals surface area contributed by atoms with Crippen LogP contribution in [0.15, 0.2) is 35.2 Å². The maximum absolute atomic E-state index is 11.2. The molecular formula is C9H11N3OS2. The maximum Gasteiger partial charge on any atom is 0.248 e. The lowest BCUT2D eigenvalue weighted by Crippen LogP contribution is -2.45. The number of nitrogens with two attached hydrogens (primary N) is 1. The third-order valence-corrected chi connectivity index (χ3v) is 2.55. The van der Waals surface area contributed by atoms with Gasteiger partial charge in [0.2, 0.25) is 5.91 Å². The smallest absolute Gasteiger partial charge is 0.248 e. The molecule has 1 aromatic carbocycles. The Morgan fingerprint density at radius 1 is 1.33 bits per heavy atom. The highest BCUT2D eigenvalue weighted by Crippen LogP contribution is 2.15. The molecule has 0 heterocycles. The van der Waals surface area contributed by atoms with E-state index in [1.807, 2.05) is 30.3 Å². The van der Waals surface area contributed by atoms with Gasteiger partial charge in [-0.25, -0.2) is 0 Å². The molecule has 15 heavy (non-hydrogen) atoms. The van der Waals surface area contributed by atoms with Crippen LogP contribution in [0.2, 0.25) is 0 Å². The number of hydrogen-bond acceptors (Lipinski definition) is 3. The van der Waals surface area contributed by atoms with Gasteiger partial charge in [0.05, 0.1) is 5.75 Å². The monoisotopic (exact) mass is 241 g/mol. The summed E-state index contributed by atoms with van der Waals surface area (Å²) in [5.74, 6) is 0.149. The second kappa shape index (κ2) is 6.26. The average molecular weight is 241 g/mol. The lowest BCUT2D eigenvalue weighted by molar-refractivity contribution is -0.119. The summed E-state index contributed by atoms with van der Waals surface area (Å²) in [5.41, 5.74) is 9.90. The first-order chi connectivity index (χ1) is 7.18. The quantitative estimate of drug-likeness (QED) is 0.412. The molecule has 0 radical (unpaired) electrons. The van der Waals surface area contributed by atoms with Crippen LogP contribution in [0.4, 0.5) is 0 Å². The summed E-state index contributed by atoms with van der Waals surface area (Å²) in [6, 6.07) is 9.66. The molecule has 0 aliphatic carbocycles. The molecule has 1 aromatic rings. The summed E-state index contributed by atoms with van der Waals surface area (Å²) in [5, 5.41) is 0.0491. The third kappa shape index (κ3) is 5.24. The Balaban J connectivity index is 2.26. The van der Waals surface area contributed by atoms with Gasteiger partial charge in [0.1, 0.15) is 0 Å². The van der Waals surface area contributed by atoms with Crippen LogP contribution in [-0.2, 0) is 4.79 Å². The first-order valence-electron chi connectivity index (χ1n) is 4.20. The van der Waals surface area contributed by atoms with E-state index in [9.17, 15) is 4.79 Å². The number of nitrogens with one attached hydrogen (secondary N) is 2. The Kier molecular flexibility index (Phi) is 4.92. The number of hydrazine groups is 1. The van der Waals surface area contributed by atoms with Crippen molar-refractivity contribution in [3.05, 3.63) is 30.3 Å². The molecule has 4 nitrogen and oxygen atoms in total. The van der Waals surface area contributed by atoms with E-state index in [1.54, 1.807) is 0 Å². The van der Waals surface area contributed by atoms with E-state index in [1.165, 1.54) is 11.8 Å². The number of hydrogen-bond donors (Lipinski definition) is 3. The Hall–Kier alpha value is -1.27. The van der Waals surface area contributed by atoms with E-state index in [-0.39, 0.29) is 11.0 Å². The van der Waals surface area contributed by atoms with E-state index in [0.29, 0.717) is 5.75 Å². The van der Waals surface area contributed by atoms with E-state index in [4.69, 9.17) is 5.73 Å². The topological polar surface area (TPSA) is 67.2 Å². The van der Waals surface area contributed by atoms with Crippen LogP contribution in [-0.4, -0.2) is 16.8 Å². The number of thiocarbonyl (C=S) groups is 1. The third-order valence-electron chi connectivity index (χ3n) is 1.44. The zero-order valence-electron chi connectivity index (χ0n) is 7.90. The van der Waals surface area contributed by atoms with Gasteiger partial charge in [0, 0.05) is 4.90 Å². The van der Waals surface area contributed by atoms with Gasteiger partial charge in [-0.2, -0.15) is 0 Å². The fraction of sp³-hybridized carbons (Fsp3) is 0.111. The summed E-state index contributed by atoms with van der Waals surface area (Å²) < 4.78 is 0. The maximum atomic E-state index is 11.2. The number of rotatable bonds is 3. The minimum Gasteiger partial charge on any atom is -0.375 e. The van der Waals surface area contributed by atoms with Gasteiger partial charge in [-0.3, -0.25) is 15.6 Å². The standard InChI is InChI=1S/C9H11N3OS2/c10-9(14)12-11-8(13)6-15-7-4-2-1-3-5-7/h1-5H,6H2,(H,11,13)(H3,10,12,14). The molecule has 0 fully saturated rings. The fourth-order valence-electron chi connectivity index (χ4n) is 0.833. The van der Waals surface area contributed by atoms with Gasteiger partial charge < -0.3 is 5.73 Å². The van der Waals surface area contributed by atoms with Crippen molar-refractivity contribution >= 4 is 35.0 Å². The molecule has 0 saturated heterocycles. The van der Waals surface area contributed by atoms with Gasteiger partial charge in [-0.15, -0.1) is 11.8 Å². The molecule has 0 aliphatic heterocycles. The van der Waals surface area contributed by atoms with E-state index in [2.05, 4.69) is 23.1 Å². The first kappa shape index (κ1) is 11.8. The van der Waals surface area contributed by atoms with E-state index in [0.717, 1.165) is 4.90 Å². The van der Waals surface area contributed by atoms with Crippen molar-refractivity contribution in [1.29, 1.82) is 0 Å². The van der Waals surface area contributed by atoms with Crippen molar-refractivity contribution in [3.8, 4) is 0 Å². The summed E-state index contributed by atoms with van der Waals surface area (Å²) in [7, 11) is 0. The Morgan fingerprint density at radius 2 is 2.00 bits per heavy atom. The van der Waals surface area contributed by atoms with Crippen LogP contribution < -0.4 is 16.6 Å². The van der Waals surface area contributed by atoms with Gasteiger partial charge in [-0.1, -0.05) is 18.2 Å². The average Bonchev–Trinajstić information content (AvgIpc) is 2.25. The van der Waals surface area contributed by atoms with E-state index >= 15 is 0 Å². The largest absolute Gasteiger partial charge is 0.375 e. The SMILES string of the molecule is NC(=S)NNC(=O)CSc1ccccc1. The van der Waals surface area contributed by atoms with Crippen LogP contribution in [0.25, 0.3) is 0 Å². The normalized spacial score (nSPS) is 9.33. The highest BCUT2D eigenvalue weighted by atomic mass is 32.2. The van der Waals surface area contributed by atoms with Gasteiger partial charge in [0.15, 0.2) is 5.11 Å². The number of carbonyl (C=O) groups excluding carboxylic acids is 1. The number of carbonyl (C=O) groups is 1. The van der Waals surface area contributed by atoms with Crippen LogP contribution in [0, 0.1) is 0 Å². The molecular weight excluding hydrogens is 230 g/mol. The molecule has 1 rings (SSSR count). The van der Waals surface area contributed by atoms with Gasteiger partial charge in [0.25, 0.3) is 0 Å². The summed E-state index contributed by atoms with van der Waals surface area (Å²) in [6.07, 6.45) is 0. The van der Waals surface area contributed by atoms with Gasteiger partial charge >= 0.3 is 0 Å². The molecule has 0 saturated carbocycles. The Morgan fingerprint density at radius 3 is 2.60 bits per heavy atom. The fourth-order valence-corrected chi connectivity index (χ4v) is 1.60. The zero-order chi connectivity index (χ0) is 11.1. The molecule has 0 aromatic heterocycles. The molecule has 80 valence electrons. The van der Waals surface area contributed by atoms with Gasteiger partial charge in [-0.05, 0) is 24.4 Å². The molecule has 4 N–H and O–H groups in total. The van der Waals surface area contributed by atoms with Crippen LogP contribution in [0.3, 0.4) is 0 Å². The number of benzene rings is 1. The minimum atomic E-state index is -0.170. The highest BCUT2D eigenvalue weighted by Gasteiger charge is 2.01. The Bertz CT molecular complexity index is 342. The predicted molar refractivity (Wildman–Crippen MR) is 65.2 cm³/mol. The lowest BCUT2D eigenvalue weighted by atomic mass is 10.4. The van der Waals surface area contributed by atoms with Crippen molar-refractivity contribution in [3.63, 3.8) is 0 Å². The molecule has 0 unspecified atom stereocenters. The second-order valence-electron chi connectivity index (χ2n) is 2.64. The van der Waals surface area contributed by atoms with E-state index < -0.39 is 0 Å². The van der Waals surface area contributed by atoms with Crippen LogP contribution in [0.5, 0.6) is 0 Å². The summed E-state index contributed by atoms with van der Waals surface area (Å²) >= 11 is 5.98. The summed E-state index contributed by atoms with van der Waals surface area (Å²) in [6.45, 7) is 0. The Labute approximate surface area is 97.6 Å². The van der Waals surface area contributed by atoms with Crippen molar-refractivity contribution in [2.45, 2.75) is 4.90 Å². The zero-order valence-corrected chi connectivity index (χ0v) is 9.53. The minimum absolute atomic E-state index is 0.0491. The molecule has 0 atom stereocenters.